The molecule has 0 saturated carbocycles. The van der Waals surface area contributed by atoms with Crippen molar-refractivity contribution in [3.8, 4) is 0 Å². The fraction of sp³-hybridized carbons (Fsp3) is 0.125. The van der Waals surface area contributed by atoms with Crippen LogP contribution in [-0.4, -0.2) is 19.5 Å². The maximum Gasteiger partial charge on any atom is 0.149 e. The zero-order chi connectivity index (χ0) is 9.10. The number of hydrogen-bond acceptors (Lipinski definition) is 4. The monoisotopic (exact) mass is 175 g/mol. The van der Waals surface area contributed by atoms with Crippen molar-refractivity contribution in [2.45, 2.75) is 0 Å². The SMILES string of the molecule is Cn1cnc(Nc2ccncn2)c1. The summed E-state index contributed by atoms with van der Waals surface area (Å²) in [5.74, 6) is 1.52. The number of hydrogen-bond donors (Lipinski definition) is 1. The van der Waals surface area contributed by atoms with Crippen LogP contribution in [0.2, 0.25) is 0 Å². The van der Waals surface area contributed by atoms with Crippen LogP contribution in [0.15, 0.2) is 31.1 Å². The molecule has 2 aromatic rings. The summed E-state index contributed by atoms with van der Waals surface area (Å²) in [5, 5.41) is 3.04. The van der Waals surface area contributed by atoms with Crippen LogP contribution in [0.4, 0.5) is 11.6 Å². The van der Waals surface area contributed by atoms with Gasteiger partial charge in [-0.3, -0.25) is 0 Å². The summed E-state index contributed by atoms with van der Waals surface area (Å²) in [5.41, 5.74) is 0. The number of anilines is 2. The van der Waals surface area contributed by atoms with Gasteiger partial charge in [0.15, 0.2) is 0 Å². The maximum atomic E-state index is 4.10. The third kappa shape index (κ3) is 1.81. The summed E-state index contributed by atoms with van der Waals surface area (Å²) < 4.78 is 1.86. The lowest BCUT2D eigenvalue weighted by molar-refractivity contribution is 0.913. The third-order valence-electron chi connectivity index (χ3n) is 1.54. The number of aryl methyl sites for hydroxylation is 1. The van der Waals surface area contributed by atoms with Gasteiger partial charge in [0.1, 0.15) is 18.0 Å². The lowest BCUT2D eigenvalue weighted by atomic mass is 10.5. The normalized spacial score (nSPS) is 9.92. The Labute approximate surface area is 75.5 Å². The third-order valence-corrected chi connectivity index (χ3v) is 1.54. The van der Waals surface area contributed by atoms with E-state index < -0.39 is 0 Å². The lowest BCUT2D eigenvalue weighted by Gasteiger charge is -1.98. The van der Waals surface area contributed by atoms with Crippen LogP contribution in [0.3, 0.4) is 0 Å². The van der Waals surface area contributed by atoms with Crippen LogP contribution in [-0.2, 0) is 7.05 Å². The van der Waals surface area contributed by atoms with Gasteiger partial charge in [0.25, 0.3) is 0 Å². The van der Waals surface area contributed by atoms with Crippen molar-refractivity contribution < 1.29 is 0 Å². The molecule has 0 aliphatic heterocycles. The van der Waals surface area contributed by atoms with Crippen molar-refractivity contribution in [1.29, 1.82) is 0 Å². The van der Waals surface area contributed by atoms with Crippen molar-refractivity contribution in [2.24, 2.45) is 7.05 Å². The van der Waals surface area contributed by atoms with Crippen LogP contribution in [0.1, 0.15) is 0 Å². The highest BCUT2D eigenvalue weighted by molar-refractivity contribution is 5.49. The van der Waals surface area contributed by atoms with Gasteiger partial charge in [-0.25, -0.2) is 15.0 Å². The van der Waals surface area contributed by atoms with Gasteiger partial charge in [0.2, 0.25) is 0 Å². The minimum atomic E-state index is 0.744. The van der Waals surface area contributed by atoms with E-state index in [-0.39, 0.29) is 0 Å². The van der Waals surface area contributed by atoms with E-state index in [0.29, 0.717) is 0 Å². The molecule has 2 heterocycles. The topological polar surface area (TPSA) is 55.6 Å². The fourth-order valence-electron chi connectivity index (χ4n) is 0.973. The molecular weight excluding hydrogens is 166 g/mol. The first-order valence-corrected chi connectivity index (χ1v) is 3.85. The Morgan fingerprint density at radius 3 is 2.85 bits per heavy atom. The lowest BCUT2D eigenvalue weighted by Crippen LogP contribution is -1.93. The minimum absolute atomic E-state index is 0.744. The zero-order valence-corrected chi connectivity index (χ0v) is 7.18. The summed E-state index contributed by atoms with van der Waals surface area (Å²) in [6.45, 7) is 0. The van der Waals surface area contributed by atoms with Gasteiger partial charge < -0.3 is 9.88 Å². The van der Waals surface area contributed by atoms with Gasteiger partial charge in [-0.15, -0.1) is 0 Å². The van der Waals surface area contributed by atoms with Crippen LogP contribution < -0.4 is 5.32 Å². The molecule has 0 saturated heterocycles. The van der Waals surface area contributed by atoms with E-state index in [1.165, 1.54) is 6.33 Å². The summed E-state index contributed by atoms with van der Waals surface area (Å²) in [6, 6.07) is 1.79. The molecular formula is C8H9N5. The van der Waals surface area contributed by atoms with E-state index in [1.54, 1.807) is 18.6 Å². The molecule has 5 heteroatoms. The Balaban J connectivity index is 2.15. The number of nitrogens with one attached hydrogen (secondary N) is 1. The van der Waals surface area contributed by atoms with E-state index in [2.05, 4.69) is 20.3 Å². The summed E-state index contributed by atoms with van der Waals surface area (Å²) in [6.07, 6.45) is 6.77. The summed E-state index contributed by atoms with van der Waals surface area (Å²) in [4.78, 5) is 11.9. The second-order valence-electron chi connectivity index (χ2n) is 2.64. The molecule has 1 N–H and O–H groups in total. The molecule has 66 valence electrons. The number of rotatable bonds is 2. The average Bonchev–Trinajstić information content (AvgIpc) is 2.53. The van der Waals surface area contributed by atoms with Crippen molar-refractivity contribution in [3.63, 3.8) is 0 Å². The van der Waals surface area contributed by atoms with E-state index in [0.717, 1.165) is 11.6 Å². The Morgan fingerprint density at radius 2 is 2.23 bits per heavy atom. The Kier molecular flexibility index (Phi) is 1.91. The summed E-state index contributed by atoms with van der Waals surface area (Å²) >= 11 is 0. The van der Waals surface area contributed by atoms with Gasteiger partial charge in [-0.05, 0) is 6.07 Å². The highest BCUT2D eigenvalue weighted by Gasteiger charge is 1.96. The van der Waals surface area contributed by atoms with Crippen LogP contribution in [0.25, 0.3) is 0 Å². The predicted octanol–water partition coefficient (Wildman–Crippen LogP) is 0.954. The molecule has 0 aliphatic rings. The molecule has 0 atom stereocenters. The molecule has 5 nitrogen and oxygen atoms in total. The fourth-order valence-corrected chi connectivity index (χ4v) is 0.973. The molecule has 0 bridgehead atoms. The van der Waals surface area contributed by atoms with Gasteiger partial charge in [0, 0.05) is 19.4 Å². The molecule has 0 amide bonds. The van der Waals surface area contributed by atoms with Crippen molar-refractivity contribution in [1.82, 2.24) is 19.5 Å². The van der Waals surface area contributed by atoms with Gasteiger partial charge in [-0.2, -0.15) is 0 Å². The highest BCUT2D eigenvalue weighted by atomic mass is 15.1. The first-order valence-electron chi connectivity index (χ1n) is 3.85. The van der Waals surface area contributed by atoms with Crippen molar-refractivity contribution >= 4 is 11.6 Å². The maximum absolute atomic E-state index is 4.10. The van der Waals surface area contributed by atoms with Crippen molar-refractivity contribution in [3.05, 3.63) is 31.1 Å². The van der Waals surface area contributed by atoms with E-state index in [9.17, 15) is 0 Å². The number of imidazole rings is 1. The molecule has 0 fully saturated rings. The van der Waals surface area contributed by atoms with E-state index >= 15 is 0 Å². The van der Waals surface area contributed by atoms with Gasteiger partial charge in [0.05, 0.1) is 6.33 Å². The first kappa shape index (κ1) is 7.72. The quantitative estimate of drug-likeness (QED) is 0.738. The van der Waals surface area contributed by atoms with E-state index in [1.807, 2.05) is 17.8 Å². The standard InChI is InChI=1S/C8H9N5/c1-13-4-8(11-6-13)12-7-2-3-9-5-10-7/h2-6H,1H3,(H,9,10,12). The molecule has 2 rings (SSSR count). The number of nitrogens with zero attached hydrogens (tertiary/aromatic N) is 4. The van der Waals surface area contributed by atoms with E-state index in [4.69, 9.17) is 0 Å². The van der Waals surface area contributed by atoms with Crippen LogP contribution in [0, 0.1) is 0 Å². The largest absolute Gasteiger partial charge is 0.338 e. The Bertz CT molecular complexity index is 380. The molecule has 0 aliphatic carbocycles. The summed E-state index contributed by atoms with van der Waals surface area (Å²) in [7, 11) is 1.91. The smallest absolute Gasteiger partial charge is 0.149 e. The Hall–Kier alpha value is -1.91. The molecule has 2 aromatic heterocycles. The molecule has 0 aromatic carbocycles. The average molecular weight is 175 g/mol. The molecule has 0 spiro atoms. The minimum Gasteiger partial charge on any atom is -0.338 e. The predicted molar refractivity (Wildman–Crippen MR) is 48.5 cm³/mol. The number of aromatic nitrogens is 4. The highest BCUT2D eigenvalue weighted by Crippen LogP contribution is 2.08. The second-order valence-corrected chi connectivity index (χ2v) is 2.64. The molecule has 0 unspecified atom stereocenters. The van der Waals surface area contributed by atoms with Gasteiger partial charge >= 0.3 is 0 Å². The van der Waals surface area contributed by atoms with Crippen molar-refractivity contribution in [2.75, 3.05) is 5.32 Å². The molecule has 0 radical (unpaired) electrons. The van der Waals surface area contributed by atoms with Crippen LogP contribution in [0.5, 0.6) is 0 Å². The zero-order valence-electron chi connectivity index (χ0n) is 7.18. The molecule has 13 heavy (non-hydrogen) atoms. The van der Waals surface area contributed by atoms with Gasteiger partial charge in [-0.1, -0.05) is 0 Å². The second kappa shape index (κ2) is 3.22. The van der Waals surface area contributed by atoms with Crippen LogP contribution >= 0.6 is 0 Å². The first-order chi connectivity index (χ1) is 6.34. The Morgan fingerprint density at radius 1 is 1.31 bits per heavy atom.